The van der Waals surface area contributed by atoms with Gasteiger partial charge in [0.25, 0.3) is 5.91 Å². The summed E-state index contributed by atoms with van der Waals surface area (Å²) in [4.78, 5) is 22.5. The van der Waals surface area contributed by atoms with E-state index in [4.69, 9.17) is 0 Å². The maximum atomic E-state index is 11.3. The van der Waals surface area contributed by atoms with Gasteiger partial charge >= 0.3 is 0 Å². The largest absolute Gasteiger partial charge is 0.355 e. The Balaban J connectivity index is 2.96. The van der Waals surface area contributed by atoms with Gasteiger partial charge in [0.2, 0.25) is 0 Å². The molecule has 0 atom stereocenters. The Morgan fingerprint density at radius 3 is 2.13 bits per heavy atom. The molecule has 0 aromatic heterocycles. The Morgan fingerprint density at radius 1 is 1.07 bits per heavy atom. The number of ketones is 1. The van der Waals surface area contributed by atoms with Gasteiger partial charge < -0.3 is 5.32 Å². The van der Waals surface area contributed by atoms with Crippen LogP contribution in [-0.4, -0.2) is 18.7 Å². The summed E-state index contributed by atoms with van der Waals surface area (Å²) in [6.45, 7) is 1.49. The topological polar surface area (TPSA) is 46.2 Å². The van der Waals surface area contributed by atoms with Crippen molar-refractivity contribution in [2.45, 2.75) is 6.92 Å². The number of carbonyl (C=O) groups excluding carboxylic acids is 2. The van der Waals surface area contributed by atoms with E-state index in [9.17, 15) is 9.59 Å². The Hall–Kier alpha value is -1.90. The van der Waals surface area contributed by atoms with Crippen LogP contribution >= 0.6 is 0 Å². The third-order valence-electron chi connectivity index (χ3n) is 2.00. The lowest BCUT2D eigenvalue weighted by Gasteiger charge is -2.01. The van der Waals surface area contributed by atoms with E-state index in [0.717, 1.165) is 0 Å². The van der Waals surface area contributed by atoms with Gasteiger partial charge in [-0.25, -0.2) is 0 Å². The van der Waals surface area contributed by atoms with Gasteiger partial charge in [-0.05, 0) is 19.1 Å². The number of amides is 1. The Labute approximate surface area is 88.9 Å². The minimum atomic E-state index is -0.166. The molecule has 0 spiro atoms. The van der Waals surface area contributed by atoms with E-state index in [2.05, 4.69) is 5.32 Å². The van der Waals surface area contributed by atoms with Crippen LogP contribution in [0.2, 0.25) is 0 Å². The molecule has 1 amide bonds. The lowest BCUT2D eigenvalue weighted by Crippen LogP contribution is -2.19. The van der Waals surface area contributed by atoms with Crippen molar-refractivity contribution >= 4 is 11.7 Å². The van der Waals surface area contributed by atoms with E-state index in [1.54, 1.807) is 43.5 Å². The molecule has 1 N–H and O–H groups in total. The molecule has 0 unspecified atom stereocenters. The van der Waals surface area contributed by atoms with E-state index in [1.807, 2.05) is 0 Å². The first-order valence-electron chi connectivity index (χ1n) is 4.65. The van der Waals surface area contributed by atoms with E-state index >= 15 is 0 Å². The molecule has 3 nitrogen and oxygen atoms in total. The molecular formula is C12H13NO2. The van der Waals surface area contributed by atoms with Crippen LogP contribution in [0.15, 0.2) is 47.6 Å². The molecule has 1 aliphatic carbocycles. The van der Waals surface area contributed by atoms with Crippen LogP contribution in [0.4, 0.5) is 0 Å². The van der Waals surface area contributed by atoms with E-state index < -0.39 is 0 Å². The van der Waals surface area contributed by atoms with Crippen molar-refractivity contribution in [3.63, 3.8) is 0 Å². The summed E-state index contributed by atoms with van der Waals surface area (Å²) >= 11 is 0. The van der Waals surface area contributed by atoms with Gasteiger partial charge in [-0.2, -0.15) is 0 Å². The molecule has 78 valence electrons. The van der Waals surface area contributed by atoms with Crippen molar-refractivity contribution in [2.24, 2.45) is 0 Å². The molecule has 0 bridgehead atoms. The first-order valence-corrected chi connectivity index (χ1v) is 4.65. The normalized spacial score (nSPS) is 26.0. The van der Waals surface area contributed by atoms with E-state index in [1.165, 1.54) is 6.92 Å². The van der Waals surface area contributed by atoms with Crippen LogP contribution in [0.5, 0.6) is 0 Å². The molecule has 0 saturated carbocycles. The van der Waals surface area contributed by atoms with Gasteiger partial charge in [0.05, 0.1) is 0 Å². The summed E-state index contributed by atoms with van der Waals surface area (Å²) in [6, 6.07) is 0. The van der Waals surface area contributed by atoms with Crippen LogP contribution in [0, 0.1) is 0 Å². The van der Waals surface area contributed by atoms with Gasteiger partial charge in [-0.15, -0.1) is 0 Å². The zero-order valence-electron chi connectivity index (χ0n) is 8.78. The van der Waals surface area contributed by atoms with Crippen molar-refractivity contribution < 1.29 is 9.59 Å². The van der Waals surface area contributed by atoms with Gasteiger partial charge in [0.15, 0.2) is 5.78 Å². The van der Waals surface area contributed by atoms with Crippen molar-refractivity contribution in [3.05, 3.63) is 47.6 Å². The molecule has 1 rings (SSSR count). The zero-order chi connectivity index (χ0) is 11.3. The number of likely N-dealkylation sites (N-methyl/N-ethyl adjacent to an activating group) is 1. The Morgan fingerprint density at radius 2 is 1.60 bits per heavy atom. The standard InChI is InChI=1S/C12H13NO2/c1-9(14)10-5-3-4-6-11(8-7-10)12(15)13-2/h3-8H,1-2H3,(H,13,15)/b4-3-,5-3?,6-4?,8-7-,10-5+,10-7?,11-6+,11-8?. The summed E-state index contributed by atoms with van der Waals surface area (Å²) in [7, 11) is 1.57. The number of rotatable bonds is 2. The fourth-order valence-electron chi connectivity index (χ4n) is 1.14. The first kappa shape index (κ1) is 11.2. The average molecular weight is 203 g/mol. The average Bonchev–Trinajstić information content (AvgIpc) is 2.16. The van der Waals surface area contributed by atoms with Crippen LogP contribution in [0.25, 0.3) is 0 Å². The van der Waals surface area contributed by atoms with Crippen LogP contribution in [0.1, 0.15) is 6.92 Å². The lowest BCUT2D eigenvalue weighted by molar-refractivity contribution is -0.116. The van der Waals surface area contributed by atoms with Crippen LogP contribution in [0.3, 0.4) is 0 Å². The Kier molecular flexibility index (Phi) is 3.80. The molecule has 0 aromatic carbocycles. The predicted molar refractivity (Wildman–Crippen MR) is 59.2 cm³/mol. The van der Waals surface area contributed by atoms with Crippen molar-refractivity contribution in [2.75, 3.05) is 7.05 Å². The van der Waals surface area contributed by atoms with Crippen molar-refractivity contribution in [3.8, 4) is 0 Å². The van der Waals surface area contributed by atoms with Gasteiger partial charge in [-0.1, -0.05) is 24.3 Å². The number of hydrogen-bond acceptors (Lipinski definition) is 2. The monoisotopic (exact) mass is 203 g/mol. The first-order chi connectivity index (χ1) is 7.15. The zero-order valence-corrected chi connectivity index (χ0v) is 8.78. The quantitative estimate of drug-likeness (QED) is 0.735. The third-order valence-corrected chi connectivity index (χ3v) is 2.00. The molecule has 0 radical (unpaired) electrons. The molecule has 15 heavy (non-hydrogen) atoms. The smallest absolute Gasteiger partial charge is 0.251 e. The number of Topliss-reactive ketones (excluding diaryl/α,β-unsaturated/α-hetero) is 1. The number of hydrogen-bond donors (Lipinski definition) is 1. The highest BCUT2D eigenvalue weighted by molar-refractivity contribution is 5.99. The van der Waals surface area contributed by atoms with Crippen LogP contribution < -0.4 is 5.32 Å². The summed E-state index contributed by atoms with van der Waals surface area (Å²) < 4.78 is 0. The summed E-state index contributed by atoms with van der Waals surface area (Å²) in [5, 5.41) is 2.53. The van der Waals surface area contributed by atoms with Gasteiger partial charge in [0.1, 0.15) is 0 Å². The molecule has 1 aliphatic rings. The predicted octanol–water partition coefficient (Wildman–Crippen LogP) is 1.30. The highest BCUT2D eigenvalue weighted by Crippen LogP contribution is 2.07. The maximum Gasteiger partial charge on any atom is 0.251 e. The molecule has 0 aromatic rings. The van der Waals surface area contributed by atoms with Crippen molar-refractivity contribution in [1.29, 1.82) is 0 Å². The summed E-state index contributed by atoms with van der Waals surface area (Å²) in [5.74, 6) is -0.185. The Bertz CT molecular complexity index is 398. The van der Waals surface area contributed by atoms with E-state index in [-0.39, 0.29) is 11.7 Å². The second-order valence-electron chi connectivity index (χ2n) is 3.10. The molecule has 0 saturated heterocycles. The molecule has 0 heterocycles. The molecular weight excluding hydrogens is 190 g/mol. The molecule has 0 fully saturated rings. The second-order valence-corrected chi connectivity index (χ2v) is 3.10. The molecule has 0 aliphatic heterocycles. The highest BCUT2D eigenvalue weighted by atomic mass is 16.1. The van der Waals surface area contributed by atoms with Crippen LogP contribution in [-0.2, 0) is 9.59 Å². The van der Waals surface area contributed by atoms with E-state index in [0.29, 0.717) is 11.1 Å². The minimum absolute atomic E-state index is 0.0194. The minimum Gasteiger partial charge on any atom is -0.355 e. The fourth-order valence-corrected chi connectivity index (χ4v) is 1.14. The van der Waals surface area contributed by atoms with Gasteiger partial charge in [0, 0.05) is 18.2 Å². The summed E-state index contributed by atoms with van der Waals surface area (Å²) in [5.41, 5.74) is 1.11. The second kappa shape index (κ2) is 5.10. The summed E-state index contributed by atoms with van der Waals surface area (Å²) in [6.07, 6.45) is 10.2. The fraction of sp³-hybridized carbons (Fsp3) is 0.167. The lowest BCUT2D eigenvalue weighted by atomic mass is 10.1. The number of allylic oxidation sites excluding steroid dienone is 6. The number of carbonyl (C=O) groups is 2. The van der Waals surface area contributed by atoms with Crippen molar-refractivity contribution in [1.82, 2.24) is 5.32 Å². The number of nitrogens with one attached hydrogen (secondary N) is 1. The SMILES string of the molecule is CNC(=O)C1=C/C=C\C=C(C(C)=O)/C=C\1. The highest BCUT2D eigenvalue weighted by Gasteiger charge is 2.04. The maximum absolute atomic E-state index is 11.3. The van der Waals surface area contributed by atoms with Gasteiger partial charge in [-0.3, -0.25) is 9.59 Å². The third kappa shape index (κ3) is 3.06. The molecule has 3 heteroatoms.